The maximum atomic E-state index is 11.6. The van der Waals surface area contributed by atoms with Crippen LogP contribution in [0.5, 0.6) is 0 Å². The Morgan fingerprint density at radius 2 is 2.27 bits per heavy atom. The first-order chi connectivity index (χ1) is 7.13. The van der Waals surface area contributed by atoms with Gasteiger partial charge >= 0.3 is 0 Å². The molecule has 0 heterocycles. The summed E-state index contributed by atoms with van der Waals surface area (Å²) in [7, 11) is 0. The second kappa shape index (κ2) is 5.16. The van der Waals surface area contributed by atoms with Gasteiger partial charge in [0, 0.05) is 12.1 Å². The van der Waals surface area contributed by atoms with Gasteiger partial charge in [0.15, 0.2) is 0 Å². The molecule has 1 rings (SSSR count). The molecule has 3 nitrogen and oxygen atoms in total. The van der Waals surface area contributed by atoms with Gasteiger partial charge in [-0.25, -0.2) is 0 Å². The van der Waals surface area contributed by atoms with E-state index < -0.39 is 0 Å². The second-order valence-corrected chi connectivity index (χ2v) is 3.80. The van der Waals surface area contributed by atoms with Crippen molar-refractivity contribution in [1.82, 2.24) is 5.32 Å². The fourth-order valence-electron chi connectivity index (χ4n) is 1.13. The number of carbonyl (C=O) groups excluding carboxylic acids is 1. The highest BCUT2D eigenvalue weighted by molar-refractivity contribution is 5.94. The van der Waals surface area contributed by atoms with Crippen molar-refractivity contribution in [1.29, 1.82) is 5.26 Å². The summed E-state index contributed by atoms with van der Waals surface area (Å²) in [4.78, 5) is 11.6. The zero-order chi connectivity index (χ0) is 11.3. The summed E-state index contributed by atoms with van der Waals surface area (Å²) in [5.74, 6) is 0.300. The molecule has 15 heavy (non-hydrogen) atoms. The third-order valence-electron chi connectivity index (χ3n) is 1.92. The fraction of sp³-hybridized carbons (Fsp3) is 0.333. The molecule has 0 fully saturated rings. The molecule has 0 aromatic heterocycles. The number of benzene rings is 1. The molecule has 0 radical (unpaired) electrons. The molecule has 3 heteroatoms. The molecule has 1 N–H and O–H groups in total. The van der Waals surface area contributed by atoms with Crippen LogP contribution in [0.25, 0.3) is 0 Å². The van der Waals surface area contributed by atoms with E-state index in [2.05, 4.69) is 5.32 Å². The first-order valence-electron chi connectivity index (χ1n) is 4.92. The van der Waals surface area contributed by atoms with Gasteiger partial charge in [-0.2, -0.15) is 5.26 Å². The van der Waals surface area contributed by atoms with Crippen molar-refractivity contribution in [3.8, 4) is 6.07 Å². The summed E-state index contributed by atoms with van der Waals surface area (Å²) in [6, 6.07) is 8.70. The Labute approximate surface area is 89.7 Å². The highest BCUT2D eigenvalue weighted by Gasteiger charge is 2.05. The molecule has 0 spiro atoms. The number of hydrogen-bond donors (Lipinski definition) is 1. The van der Waals surface area contributed by atoms with Crippen molar-refractivity contribution in [2.45, 2.75) is 13.8 Å². The summed E-state index contributed by atoms with van der Waals surface area (Å²) in [6.07, 6.45) is 0. The Balaban J connectivity index is 2.70. The number of rotatable bonds is 3. The minimum atomic E-state index is -0.124. The van der Waals surface area contributed by atoms with E-state index in [-0.39, 0.29) is 5.91 Å². The molecule has 0 atom stereocenters. The van der Waals surface area contributed by atoms with E-state index in [0.717, 1.165) is 0 Å². The molecule has 0 aliphatic rings. The standard InChI is InChI=1S/C12H14N2O/c1-9(2)8-14-12(15)11-5-3-4-10(6-11)7-13/h3-6,9H,8H2,1-2H3,(H,14,15). The summed E-state index contributed by atoms with van der Waals surface area (Å²) < 4.78 is 0. The Morgan fingerprint density at radius 1 is 1.53 bits per heavy atom. The summed E-state index contributed by atoms with van der Waals surface area (Å²) in [6.45, 7) is 4.72. The molecular formula is C12H14N2O. The van der Waals surface area contributed by atoms with Crippen molar-refractivity contribution in [2.24, 2.45) is 5.92 Å². The monoisotopic (exact) mass is 202 g/mol. The Hall–Kier alpha value is -1.82. The molecule has 0 saturated heterocycles. The average Bonchev–Trinajstić information content (AvgIpc) is 2.26. The molecule has 0 bridgehead atoms. The first kappa shape index (κ1) is 11.3. The predicted molar refractivity (Wildman–Crippen MR) is 58.3 cm³/mol. The molecule has 0 aliphatic heterocycles. The van der Waals surface area contributed by atoms with Crippen molar-refractivity contribution in [3.05, 3.63) is 35.4 Å². The lowest BCUT2D eigenvalue weighted by molar-refractivity contribution is 0.0949. The van der Waals surface area contributed by atoms with E-state index in [1.807, 2.05) is 19.9 Å². The quantitative estimate of drug-likeness (QED) is 0.814. The minimum absolute atomic E-state index is 0.124. The van der Waals surface area contributed by atoms with E-state index in [0.29, 0.717) is 23.6 Å². The van der Waals surface area contributed by atoms with Crippen LogP contribution in [-0.4, -0.2) is 12.5 Å². The van der Waals surface area contributed by atoms with Gasteiger partial charge in [0.1, 0.15) is 0 Å². The van der Waals surface area contributed by atoms with E-state index in [9.17, 15) is 4.79 Å². The lowest BCUT2D eigenvalue weighted by Crippen LogP contribution is -2.27. The molecule has 1 aromatic carbocycles. The third-order valence-corrected chi connectivity index (χ3v) is 1.92. The molecule has 1 amide bonds. The number of hydrogen-bond acceptors (Lipinski definition) is 2. The van der Waals surface area contributed by atoms with Crippen LogP contribution in [0.2, 0.25) is 0 Å². The molecule has 1 aromatic rings. The van der Waals surface area contributed by atoms with Gasteiger partial charge in [-0.3, -0.25) is 4.79 Å². The number of nitriles is 1. The molecule has 0 unspecified atom stereocenters. The molecule has 78 valence electrons. The maximum absolute atomic E-state index is 11.6. The van der Waals surface area contributed by atoms with Crippen LogP contribution in [0.1, 0.15) is 29.8 Å². The van der Waals surface area contributed by atoms with Gasteiger partial charge in [0.05, 0.1) is 11.6 Å². The molecule has 0 aliphatic carbocycles. The Kier molecular flexibility index (Phi) is 3.87. The van der Waals surface area contributed by atoms with E-state index in [4.69, 9.17) is 5.26 Å². The Bertz CT molecular complexity index is 391. The normalized spacial score (nSPS) is 9.73. The SMILES string of the molecule is CC(C)CNC(=O)c1cccc(C#N)c1. The van der Waals surface area contributed by atoms with Crippen molar-refractivity contribution < 1.29 is 4.79 Å². The van der Waals surface area contributed by atoms with Crippen LogP contribution >= 0.6 is 0 Å². The van der Waals surface area contributed by atoms with Gasteiger partial charge in [-0.1, -0.05) is 19.9 Å². The highest BCUT2D eigenvalue weighted by atomic mass is 16.1. The van der Waals surface area contributed by atoms with Gasteiger partial charge in [-0.05, 0) is 24.1 Å². The van der Waals surface area contributed by atoms with Crippen LogP contribution in [0.15, 0.2) is 24.3 Å². The number of amides is 1. The highest BCUT2D eigenvalue weighted by Crippen LogP contribution is 2.04. The van der Waals surface area contributed by atoms with Crippen LogP contribution in [-0.2, 0) is 0 Å². The Morgan fingerprint density at radius 3 is 2.87 bits per heavy atom. The zero-order valence-corrected chi connectivity index (χ0v) is 8.95. The minimum Gasteiger partial charge on any atom is -0.352 e. The van der Waals surface area contributed by atoms with Gasteiger partial charge < -0.3 is 5.32 Å². The number of carbonyl (C=O) groups is 1. The molecule has 0 saturated carbocycles. The summed E-state index contributed by atoms with van der Waals surface area (Å²) in [5.41, 5.74) is 1.04. The van der Waals surface area contributed by atoms with Gasteiger partial charge in [-0.15, -0.1) is 0 Å². The predicted octanol–water partition coefficient (Wildman–Crippen LogP) is 1.94. The number of nitrogens with one attached hydrogen (secondary N) is 1. The van der Waals surface area contributed by atoms with Gasteiger partial charge in [0.25, 0.3) is 5.91 Å². The molecular weight excluding hydrogens is 188 g/mol. The van der Waals surface area contributed by atoms with Crippen LogP contribution in [0.4, 0.5) is 0 Å². The third kappa shape index (κ3) is 3.43. The van der Waals surface area contributed by atoms with Crippen LogP contribution < -0.4 is 5.32 Å². The largest absolute Gasteiger partial charge is 0.352 e. The fourth-order valence-corrected chi connectivity index (χ4v) is 1.13. The van der Waals surface area contributed by atoms with Gasteiger partial charge in [0.2, 0.25) is 0 Å². The topological polar surface area (TPSA) is 52.9 Å². The zero-order valence-electron chi connectivity index (χ0n) is 8.95. The van der Waals surface area contributed by atoms with Crippen molar-refractivity contribution in [3.63, 3.8) is 0 Å². The van der Waals surface area contributed by atoms with E-state index >= 15 is 0 Å². The smallest absolute Gasteiger partial charge is 0.251 e. The van der Waals surface area contributed by atoms with Crippen LogP contribution in [0, 0.1) is 17.2 Å². The van der Waals surface area contributed by atoms with Crippen LogP contribution in [0.3, 0.4) is 0 Å². The first-order valence-corrected chi connectivity index (χ1v) is 4.92. The van der Waals surface area contributed by atoms with Crippen molar-refractivity contribution in [2.75, 3.05) is 6.54 Å². The lowest BCUT2D eigenvalue weighted by atomic mass is 10.1. The average molecular weight is 202 g/mol. The lowest BCUT2D eigenvalue weighted by Gasteiger charge is -2.07. The van der Waals surface area contributed by atoms with Crippen molar-refractivity contribution >= 4 is 5.91 Å². The summed E-state index contributed by atoms with van der Waals surface area (Å²) >= 11 is 0. The van der Waals surface area contributed by atoms with E-state index in [1.54, 1.807) is 24.3 Å². The summed E-state index contributed by atoms with van der Waals surface area (Å²) in [5, 5.41) is 11.5. The number of nitrogens with zero attached hydrogens (tertiary/aromatic N) is 1. The second-order valence-electron chi connectivity index (χ2n) is 3.80. The van der Waals surface area contributed by atoms with E-state index in [1.165, 1.54) is 0 Å². The maximum Gasteiger partial charge on any atom is 0.251 e.